The molecule has 3 aromatic carbocycles. The monoisotopic (exact) mass is 464 g/mol. The number of hydrogen-bond donors (Lipinski definition) is 4. The Morgan fingerprint density at radius 2 is 1.65 bits per heavy atom. The molecular formula is C25H24N2O7. The Morgan fingerprint density at radius 1 is 0.971 bits per heavy atom. The summed E-state index contributed by atoms with van der Waals surface area (Å²) in [5.41, 5.74) is 2.39. The SMILES string of the molecule is COc1ccc([C@H](OC(=O)Nc2ccccc2)[C@H](/C=C/C(=O)NO)Oc2ccccc2)cc1O. The standard InChI is InChI=1S/C25H24N2O7/c1-32-21-13-12-17(16-20(21)28)24(34-25(30)26-18-8-4-2-5-9-18)22(14-15-23(29)27-31)33-19-10-6-3-7-11-19/h2-16,22,24,28,31H,1H3,(H,26,30)(H,27,29)/b15-14+/t22-,24-/m0/s1. The zero-order chi connectivity index (χ0) is 24.3. The molecule has 0 aliphatic rings. The summed E-state index contributed by atoms with van der Waals surface area (Å²) in [6, 6.07) is 21.9. The number of methoxy groups -OCH3 is 1. The van der Waals surface area contributed by atoms with E-state index in [2.05, 4.69) is 5.32 Å². The van der Waals surface area contributed by atoms with E-state index >= 15 is 0 Å². The lowest BCUT2D eigenvalue weighted by atomic mass is 10.0. The first-order valence-corrected chi connectivity index (χ1v) is 10.2. The summed E-state index contributed by atoms with van der Waals surface area (Å²) in [5, 5.41) is 21.8. The number of aromatic hydroxyl groups is 1. The normalized spacial score (nSPS) is 12.4. The van der Waals surface area contributed by atoms with Gasteiger partial charge in [-0.2, -0.15) is 0 Å². The number of benzene rings is 3. The summed E-state index contributed by atoms with van der Waals surface area (Å²) in [6.45, 7) is 0. The van der Waals surface area contributed by atoms with Crippen LogP contribution in [0.4, 0.5) is 10.5 Å². The molecule has 0 unspecified atom stereocenters. The van der Waals surface area contributed by atoms with Crippen molar-refractivity contribution in [3.63, 3.8) is 0 Å². The second kappa shape index (κ2) is 11.9. The van der Waals surface area contributed by atoms with Crippen LogP contribution >= 0.6 is 0 Å². The van der Waals surface area contributed by atoms with Crippen molar-refractivity contribution in [1.82, 2.24) is 5.48 Å². The molecule has 9 heteroatoms. The van der Waals surface area contributed by atoms with Crippen LogP contribution in [0.5, 0.6) is 17.2 Å². The summed E-state index contributed by atoms with van der Waals surface area (Å²) < 4.78 is 16.8. The van der Waals surface area contributed by atoms with Crippen LogP contribution in [0, 0.1) is 0 Å². The third-order valence-corrected chi connectivity index (χ3v) is 4.65. The maximum atomic E-state index is 12.7. The Morgan fingerprint density at radius 3 is 2.26 bits per heavy atom. The van der Waals surface area contributed by atoms with Crippen molar-refractivity contribution in [2.45, 2.75) is 12.2 Å². The highest BCUT2D eigenvalue weighted by Gasteiger charge is 2.29. The number of nitrogens with one attached hydrogen (secondary N) is 2. The molecule has 0 saturated carbocycles. The highest BCUT2D eigenvalue weighted by Crippen LogP contribution is 2.33. The lowest BCUT2D eigenvalue weighted by Crippen LogP contribution is -2.30. The average molecular weight is 464 g/mol. The molecule has 2 atom stereocenters. The molecule has 4 N–H and O–H groups in total. The van der Waals surface area contributed by atoms with Crippen molar-refractivity contribution in [2.75, 3.05) is 12.4 Å². The maximum absolute atomic E-state index is 12.7. The fourth-order valence-electron chi connectivity index (χ4n) is 3.07. The molecule has 0 radical (unpaired) electrons. The predicted octanol–water partition coefficient (Wildman–Crippen LogP) is 4.20. The van der Waals surface area contributed by atoms with Crippen molar-refractivity contribution in [3.05, 3.63) is 96.6 Å². The number of hydroxylamine groups is 1. The largest absolute Gasteiger partial charge is 0.504 e. The van der Waals surface area contributed by atoms with Crippen molar-refractivity contribution >= 4 is 17.7 Å². The quantitative estimate of drug-likeness (QED) is 0.212. The van der Waals surface area contributed by atoms with Gasteiger partial charge in [-0.1, -0.05) is 42.5 Å². The van der Waals surface area contributed by atoms with Gasteiger partial charge < -0.3 is 19.3 Å². The van der Waals surface area contributed by atoms with E-state index in [4.69, 9.17) is 19.4 Å². The number of carbonyl (C=O) groups is 2. The minimum Gasteiger partial charge on any atom is -0.504 e. The van der Waals surface area contributed by atoms with Gasteiger partial charge in [0.25, 0.3) is 5.91 Å². The number of anilines is 1. The van der Waals surface area contributed by atoms with Gasteiger partial charge in [0.2, 0.25) is 0 Å². The van der Waals surface area contributed by atoms with Crippen LogP contribution in [0.2, 0.25) is 0 Å². The summed E-state index contributed by atoms with van der Waals surface area (Å²) in [7, 11) is 1.41. The summed E-state index contributed by atoms with van der Waals surface area (Å²) >= 11 is 0. The molecule has 2 amide bonds. The number of carbonyl (C=O) groups excluding carboxylic acids is 2. The molecule has 34 heavy (non-hydrogen) atoms. The Hall–Kier alpha value is -4.50. The van der Waals surface area contributed by atoms with E-state index in [9.17, 15) is 14.7 Å². The van der Waals surface area contributed by atoms with Gasteiger partial charge in [-0.3, -0.25) is 15.3 Å². The van der Waals surface area contributed by atoms with E-state index in [0.717, 1.165) is 6.08 Å². The molecule has 0 fully saturated rings. The van der Waals surface area contributed by atoms with E-state index < -0.39 is 24.2 Å². The fourth-order valence-corrected chi connectivity index (χ4v) is 3.07. The molecule has 0 bridgehead atoms. The molecule has 0 aliphatic heterocycles. The van der Waals surface area contributed by atoms with Crippen LogP contribution in [0.15, 0.2) is 91.0 Å². The highest BCUT2D eigenvalue weighted by atomic mass is 16.6. The van der Waals surface area contributed by atoms with Crippen molar-refractivity contribution in [3.8, 4) is 17.2 Å². The van der Waals surface area contributed by atoms with Gasteiger partial charge in [0.05, 0.1) is 7.11 Å². The molecule has 0 heterocycles. The van der Waals surface area contributed by atoms with Gasteiger partial charge in [-0.15, -0.1) is 0 Å². The molecule has 176 valence electrons. The smallest absolute Gasteiger partial charge is 0.412 e. The van der Waals surface area contributed by atoms with E-state index in [1.54, 1.807) is 66.7 Å². The van der Waals surface area contributed by atoms with Crippen LogP contribution in [0.1, 0.15) is 11.7 Å². The Balaban J connectivity index is 1.97. The molecule has 0 saturated heterocycles. The molecule has 3 rings (SSSR count). The summed E-state index contributed by atoms with van der Waals surface area (Å²) in [5.74, 6) is -0.303. The molecule has 0 spiro atoms. The zero-order valence-corrected chi connectivity index (χ0v) is 18.3. The van der Waals surface area contributed by atoms with Crippen LogP contribution in [0.3, 0.4) is 0 Å². The Kier molecular flexibility index (Phi) is 8.48. The van der Waals surface area contributed by atoms with Gasteiger partial charge in [-0.25, -0.2) is 10.3 Å². The topological polar surface area (TPSA) is 126 Å². The second-order valence-electron chi connectivity index (χ2n) is 6.98. The Labute approximate surface area is 196 Å². The minimum atomic E-state index is -1.11. The predicted molar refractivity (Wildman–Crippen MR) is 124 cm³/mol. The number of phenols is 1. The van der Waals surface area contributed by atoms with Gasteiger partial charge in [0.1, 0.15) is 5.75 Å². The first kappa shape index (κ1) is 24.1. The van der Waals surface area contributed by atoms with Gasteiger partial charge in [-0.05, 0) is 42.5 Å². The number of ether oxygens (including phenoxy) is 3. The molecule has 3 aromatic rings. The Bertz CT molecular complexity index is 1120. The lowest BCUT2D eigenvalue weighted by Gasteiger charge is -2.26. The number of hydrogen-bond acceptors (Lipinski definition) is 7. The average Bonchev–Trinajstić information content (AvgIpc) is 2.86. The van der Waals surface area contributed by atoms with Crippen molar-refractivity contribution < 1.29 is 34.1 Å². The van der Waals surface area contributed by atoms with Crippen LogP contribution < -0.4 is 20.3 Å². The van der Waals surface area contributed by atoms with Gasteiger partial charge >= 0.3 is 6.09 Å². The van der Waals surface area contributed by atoms with Crippen LogP contribution in [-0.2, 0) is 9.53 Å². The summed E-state index contributed by atoms with van der Waals surface area (Å²) in [4.78, 5) is 24.4. The lowest BCUT2D eigenvalue weighted by molar-refractivity contribution is -0.124. The second-order valence-corrected chi connectivity index (χ2v) is 6.98. The third-order valence-electron chi connectivity index (χ3n) is 4.65. The van der Waals surface area contributed by atoms with Crippen molar-refractivity contribution in [2.24, 2.45) is 0 Å². The van der Waals surface area contributed by atoms with Gasteiger partial charge in [0.15, 0.2) is 23.7 Å². The number of rotatable bonds is 9. The van der Waals surface area contributed by atoms with E-state index in [0.29, 0.717) is 17.0 Å². The zero-order valence-electron chi connectivity index (χ0n) is 18.3. The third kappa shape index (κ3) is 6.75. The van der Waals surface area contributed by atoms with Crippen LogP contribution in [-0.4, -0.2) is 35.5 Å². The van der Waals surface area contributed by atoms with E-state index in [1.807, 2.05) is 0 Å². The molecular weight excluding hydrogens is 440 g/mol. The van der Waals surface area contributed by atoms with Gasteiger partial charge in [0, 0.05) is 17.3 Å². The highest BCUT2D eigenvalue weighted by molar-refractivity contribution is 5.86. The molecule has 0 aromatic heterocycles. The molecule has 9 nitrogen and oxygen atoms in total. The number of amides is 2. The minimum absolute atomic E-state index is 0.174. The maximum Gasteiger partial charge on any atom is 0.412 e. The first-order chi connectivity index (χ1) is 16.5. The van der Waals surface area contributed by atoms with E-state index in [1.165, 1.54) is 30.8 Å². The number of phenolic OH excluding ortho intramolecular Hbond substituents is 1. The molecule has 0 aliphatic carbocycles. The van der Waals surface area contributed by atoms with Crippen molar-refractivity contribution in [1.29, 1.82) is 0 Å². The van der Waals surface area contributed by atoms with E-state index in [-0.39, 0.29) is 11.5 Å². The summed E-state index contributed by atoms with van der Waals surface area (Å²) in [6.07, 6.45) is -0.534. The number of para-hydroxylation sites is 2. The van der Waals surface area contributed by atoms with Crippen LogP contribution in [0.25, 0.3) is 0 Å². The first-order valence-electron chi connectivity index (χ1n) is 10.2. The fraction of sp³-hybridized carbons (Fsp3) is 0.120.